The van der Waals surface area contributed by atoms with Gasteiger partial charge in [-0.1, -0.05) is 29.8 Å². The molecular formula is C11H9ClN2S. The molecular weight excluding hydrogens is 228 g/mol. The number of aromatic nitrogens is 1. The fourth-order valence-electron chi connectivity index (χ4n) is 1.18. The highest BCUT2D eigenvalue weighted by Gasteiger charge is 2.02. The molecule has 0 saturated heterocycles. The van der Waals surface area contributed by atoms with Crippen molar-refractivity contribution in [3.05, 3.63) is 53.8 Å². The molecule has 2 nitrogen and oxygen atoms in total. The summed E-state index contributed by atoms with van der Waals surface area (Å²) in [5.74, 6) is 0. The summed E-state index contributed by atoms with van der Waals surface area (Å²) in [6.45, 7) is 0. The number of pyridine rings is 1. The van der Waals surface area contributed by atoms with E-state index in [9.17, 15) is 0 Å². The average Bonchev–Trinajstić information content (AvgIpc) is 2.30. The summed E-state index contributed by atoms with van der Waals surface area (Å²) in [5.41, 5.74) is 0. The molecule has 0 fully saturated rings. The smallest absolute Gasteiger partial charge is 0.129 e. The molecule has 0 bridgehead atoms. The summed E-state index contributed by atoms with van der Waals surface area (Å²) in [5, 5.41) is 0.462. The second-order valence-corrected chi connectivity index (χ2v) is 4.88. The third kappa shape index (κ3) is 2.43. The third-order valence-electron chi connectivity index (χ3n) is 1.91. The highest BCUT2D eigenvalue weighted by molar-refractivity contribution is 7.86. The lowest BCUT2D eigenvalue weighted by molar-refractivity contribution is 1.22. The van der Waals surface area contributed by atoms with Crippen molar-refractivity contribution in [3.63, 3.8) is 0 Å². The van der Waals surface area contributed by atoms with Crippen LogP contribution in [-0.2, 0) is 10.7 Å². The quantitative estimate of drug-likeness (QED) is 0.796. The maximum atomic E-state index is 8.07. The summed E-state index contributed by atoms with van der Waals surface area (Å²) < 4.78 is 8.07. The minimum absolute atomic E-state index is 0.462. The normalized spacial score (nSPS) is 12.3. The van der Waals surface area contributed by atoms with Crippen LogP contribution in [-0.4, -0.2) is 4.98 Å². The molecule has 0 aliphatic rings. The van der Waals surface area contributed by atoms with Crippen LogP contribution in [0.25, 0.3) is 0 Å². The van der Waals surface area contributed by atoms with Gasteiger partial charge in [-0.2, -0.15) is 0 Å². The predicted octanol–water partition coefficient (Wildman–Crippen LogP) is 3.53. The second kappa shape index (κ2) is 4.55. The summed E-state index contributed by atoms with van der Waals surface area (Å²) in [7, 11) is -0.676. The first-order chi connectivity index (χ1) is 7.27. The molecule has 2 aromatic rings. The van der Waals surface area contributed by atoms with Gasteiger partial charge >= 0.3 is 0 Å². The maximum Gasteiger partial charge on any atom is 0.129 e. The number of nitrogens with zero attached hydrogens (tertiary/aromatic N) is 1. The van der Waals surface area contributed by atoms with Crippen molar-refractivity contribution in [1.82, 2.24) is 4.98 Å². The van der Waals surface area contributed by atoms with Gasteiger partial charge in [0.05, 0.1) is 0 Å². The van der Waals surface area contributed by atoms with Crippen LogP contribution in [0, 0.1) is 4.78 Å². The summed E-state index contributed by atoms with van der Waals surface area (Å²) >= 11 is 5.69. The van der Waals surface area contributed by atoms with Gasteiger partial charge in [-0.15, -0.1) is 0 Å². The Labute approximate surface area is 95.8 Å². The van der Waals surface area contributed by atoms with Crippen molar-refractivity contribution >= 4 is 22.3 Å². The lowest BCUT2D eigenvalue weighted by atomic mass is 10.4. The SMILES string of the molecule is N=S(c1ccccc1)c1ccc(Cl)nc1. The Hall–Kier alpha value is -1.19. The first-order valence-corrected chi connectivity index (χ1v) is 6.00. The molecule has 4 heteroatoms. The van der Waals surface area contributed by atoms with Gasteiger partial charge < -0.3 is 0 Å². The second-order valence-electron chi connectivity index (χ2n) is 2.94. The molecule has 1 heterocycles. The Bertz CT molecular complexity index is 468. The van der Waals surface area contributed by atoms with Crippen LogP contribution < -0.4 is 0 Å². The lowest BCUT2D eigenvalue weighted by Crippen LogP contribution is -1.91. The molecule has 1 N–H and O–H groups in total. The maximum absolute atomic E-state index is 8.07. The molecule has 0 saturated carbocycles. The van der Waals surface area contributed by atoms with E-state index in [1.54, 1.807) is 12.3 Å². The van der Waals surface area contributed by atoms with E-state index >= 15 is 0 Å². The van der Waals surface area contributed by atoms with Crippen LogP contribution in [0.2, 0.25) is 5.15 Å². The number of halogens is 1. The topological polar surface area (TPSA) is 36.7 Å². The average molecular weight is 237 g/mol. The predicted molar refractivity (Wildman–Crippen MR) is 62.3 cm³/mol. The Kier molecular flexibility index (Phi) is 3.14. The monoisotopic (exact) mass is 236 g/mol. The van der Waals surface area contributed by atoms with Crippen LogP contribution in [0.5, 0.6) is 0 Å². The number of hydrogen-bond donors (Lipinski definition) is 1. The number of benzene rings is 1. The Morgan fingerprint density at radius 2 is 1.73 bits per heavy atom. The van der Waals surface area contributed by atoms with Gasteiger partial charge in [-0.25, -0.2) is 4.98 Å². The van der Waals surface area contributed by atoms with Gasteiger partial charge in [0.2, 0.25) is 0 Å². The fraction of sp³-hybridized carbons (Fsp3) is 0. The number of nitrogens with one attached hydrogen (secondary N) is 1. The first-order valence-electron chi connectivity index (χ1n) is 4.39. The van der Waals surface area contributed by atoms with Gasteiger partial charge in [0.1, 0.15) is 5.15 Å². The molecule has 15 heavy (non-hydrogen) atoms. The third-order valence-corrected chi connectivity index (χ3v) is 3.59. The van der Waals surface area contributed by atoms with E-state index in [0.29, 0.717) is 5.15 Å². The van der Waals surface area contributed by atoms with E-state index in [-0.39, 0.29) is 0 Å². The van der Waals surface area contributed by atoms with Gasteiger partial charge in [-0.05, 0) is 35.0 Å². The summed E-state index contributed by atoms with van der Waals surface area (Å²) in [6, 6.07) is 13.3. The minimum atomic E-state index is -0.676. The number of hydrogen-bond acceptors (Lipinski definition) is 2. The van der Waals surface area contributed by atoms with Gasteiger partial charge in [0.15, 0.2) is 0 Å². The fourth-order valence-corrected chi connectivity index (χ4v) is 2.35. The largest absolute Gasteiger partial charge is 0.271 e. The highest BCUT2D eigenvalue weighted by atomic mass is 35.5. The van der Waals surface area contributed by atoms with Gasteiger partial charge in [0.25, 0.3) is 0 Å². The van der Waals surface area contributed by atoms with Crippen LogP contribution in [0.15, 0.2) is 58.5 Å². The molecule has 1 atom stereocenters. The zero-order valence-electron chi connectivity index (χ0n) is 7.85. The van der Waals surface area contributed by atoms with E-state index in [2.05, 4.69) is 4.98 Å². The van der Waals surface area contributed by atoms with Crippen LogP contribution in [0.3, 0.4) is 0 Å². The van der Waals surface area contributed by atoms with Crippen molar-refractivity contribution in [1.29, 1.82) is 4.78 Å². The molecule has 2 rings (SSSR count). The first kappa shape index (κ1) is 10.3. The zero-order valence-corrected chi connectivity index (χ0v) is 9.42. The standard InChI is InChI=1S/C11H9ClN2S/c12-11-7-6-10(8-14-11)15(13)9-4-2-1-3-5-9/h1-8,13H. The van der Waals surface area contributed by atoms with Crippen molar-refractivity contribution in [3.8, 4) is 0 Å². The highest BCUT2D eigenvalue weighted by Crippen LogP contribution is 2.16. The molecule has 1 aromatic carbocycles. The molecule has 76 valence electrons. The van der Waals surface area contributed by atoms with Crippen LogP contribution >= 0.6 is 11.6 Å². The molecule has 0 spiro atoms. The summed E-state index contributed by atoms with van der Waals surface area (Å²) in [6.07, 6.45) is 1.66. The van der Waals surface area contributed by atoms with Crippen molar-refractivity contribution in [2.75, 3.05) is 0 Å². The Morgan fingerprint density at radius 3 is 2.33 bits per heavy atom. The van der Waals surface area contributed by atoms with Crippen LogP contribution in [0.4, 0.5) is 0 Å². The Morgan fingerprint density at radius 1 is 1.00 bits per heavy atom. The molecule has 0 aliphatic heterocycles. The van der Waals surface area contributed by atoms with E-state index in [1.165, 1.54) is 0 Å². The van der Waals surface area contributed by atoms with E-state index in [4.69, 9.17) is 16.4 Å². The molecule has 0 amide bonds. The van der Waals surface area contributed by atoms with Crippen molar-refractivity contribution < 1.29 is 0 Å². The van der Waals surface area contributed by atoms with Crippen molar-refractivity contribution in [2.45, 2.75) is 9.79 Å². The van der Waals surface area contributed by atoms with Gasteiger partial charge in [0, 0.05) is 16.0 Å². The number of rotatable bonds is 2. The van der Waals surface area contributed by atoms with Crippen molar-refractivity contribution in [2.24, 2.45) is 0 Å². The zero-order chi connectivity index (χ0) is 10.7. The van der Waals surface area contributed by atoms with E-state index < -0.39 is 10.7 Å². The molecule has 0 radical (unpaired) electrons. The molecule has 1 unspecified atom stereocenters. The molecule has 0 aliphatic carbocycles. The summed E-state index contributed by atoms with van der Waals surface area (Å²) in [4.78, 5) is 5.85. The minimum Gasteiger partial charge on any atom is -0.271 e. The van der Waals surface area contributed by atoms with Gasteiger partial charge in [-0.3, -0.25) is 4.78 Å². The van der Waals surface area contributed by atoms with E-state index in [0.717, 1.165) is 9.79 Å². The molecule has 1 aromatic heterocycles. The van der Waals surface area contributed by atoms with E-state index in [1.807, 2.05) is 36.4 Å². The lowest BCUT2D eigenvalue weighted by Gasteiger charge is -2.04. The Balaban J connectivity index is 2.33. The van der Waals surface area contributed by atoms with Crippen LogP contribution in [0.1, 0.15) is 0 Å².